The molecule has 0 radical (unpaired) electrons. The zero-order valence-electron chi connectivity index (χ0n) is 10.3. The fourth-order valence-corrected chi connectivity index (χ4v) is 2.15. The van der Waals surface area contributed by atoms with Gasteiger partial charge in [0.15, 0.2) is 0 Å². The first-order valence-electron chi connectivity index (χ1n) is 6.22. The fraction of sp³-hybridized carbons (Fsp3) is 0.667. The first kappa shape index (κ1) is 12.1. The number of carbonyl (C=O) groups is 1. The molecule has 1 fully saturated rings. The molecule has 5 heteroatoms. The number of amides is 1. The third-order valence-corrected chi connectivity index (χ3v) is 3.07. The number of nitrogens with one attached hydrogen (secondary N) is 2. The summed E-state index contributed by atoms with van der Waals surface area (Å²) in [5, 5.41) is 10.7. The number of rotatable bonds is 4. The smallest absolute Gasteiger partial charge is 0.221 e. The van der Waals surface area contributed by atoms with Crippen molar-refractivity contribution >= 4 is 5.91 Å². The monoisotopic (exact) mass is 236 g/mol. The van der Waals surface area contributed by atoms with Gasteiger partial charge in [-0.1, -0.05) is 0 Å². The predicted molar refractivity (Wildman–Crippen MR) is 65.6 cm³/mol. The molecule has 2 rings (SSSR count). The maximum absolute atomic E-state index is 11.4. The molecule has 0 bridgehead atoms. The summed E-state index contributed by atoms with van der Waals surface area (Å²) in [6.07, 6.45) is 5.60. The lowest BCUT2D eigenvalue weighted by Crippen LogP contribution is -2.33. The summed E-state index contributed by atoms with van der Waals surface area (Å²) in [4.78, 5) is 11.4. The van der Waals surface area contributed by atoms with Crippen LogP contribution >= 0.6 is 0 Å². The van der Waals surface area contributed by atoms with Crippen molar-refractivity contribution < 1.29 is 4.79 Å². The highest BCUT2D eigenvalue weighted by Gasteiger charge is 2.16. The van der Waals surface area contributed by atoms with Crippen LogP contribution < -0.4 is 10.6 Å². The SMILES string of the molecule is Cn1ccc(CCNC2CCCNC(=O)C2)n1. The third-order valence-electron chi connectivity index (χ3n) is 3.07. The second-order valence-corrected chi connectivity index (χ2v) is 4.58. The van der Waals surface area contributed by atoms with E-state index >= 15 is 0 Å². The maximum atomic E-state index is 11.4. The molecule has 5 nitrogen and oxygen atoms in total. The number of carbonyl (C=O) groups excluding carboxylic acids is 1. The predicted octanol–water partition coefficient (Wildman–Crippen LogP) is 0.221. The quantitative estimate of drug-likeness (QED) is 0.786. The van der Waals surface area contributed by atoms with Crippen LogP contribution in [0.1, 0.15) is 25.0 Å². The standard InChI is InChI=1S/C12H20N4O/c1-16-8-5-10(15-16)4-7-13-11-3-2-6-14-12(17)9-11/h5,8,11,13H,2-4,6-7,9H2,1H3,(H,14,17). The maximum Gasteiger partial charge on any atom is 0.221 e. The molecule has 1 amide bonds. The van der Waals surface area contributed by atoms with E-state index in [1.165, 1.54) is 0 Å². The van der Waals surface area contributed by atoms with E-state index < -0.39 is 0 Å². The van der Waals surface area contributed by atoms with Gasteiger partial charge in [0.05, 0.1) is 5.69 Å². The molecular weight excluding hydrogens is 216 g/mol. The average molecular weight is 236 g/mol. The topological polar surface area (TPSA) is 59.0 Å². The van der Waals surface area contributed by atoms with E-state index in [2.05, 4.69) is 15.7 Å². The number of hydrogen-bond acceptors (Lipinski definition) is 3. The van der Waals surface area contributed by atoms with Gasteiger partial charge < -0.3 is 10.6 Å². The normalized spacial score (nSPS) is 21.0. The lowest BCUT2D eigenvalue weighted by atomic mass is 10.1. The van der Waals surface area contributed by atoms with Crippen molar-refractivity contribution in [1.82, 2.24) is 20.4 Å². The second kappa shape index (κ2) is 5.82. The lowest BCUT2D eigenvalue weighted by Gasteiger charge is -2.14. The Balaban J connectivity index is 1.72. The zero-order valence-corrected chi connectivity index (χ0v) is 10.3. The molecule has 1 saturated heterocycles. The molecule has 0 saturated carbocycles. The molecule has 0 spiro atoms. The molecule has 1 aliphatic rings. The van der Waals surface area contributed by atoms with E-state index in [1.54, 1.807) is 0 Å². The molecule has 1 aliphatic heterocycles. The number of aryl methyl sites for hydroxylation is 1. The van der Waals surface area contributed by atoms with Gasteiger partial charge in [-0.25, -0.2) is 0 Å². The zero-order chi connectivity index (χ0) is 12.1. The Hall–Kier alpha value is -1.36. The Bertz CT molecular complexity index is 374. The van der Waals surface area contributed by atoms with Crippen LogP contribution in [0.15, 0.2) is 12.3 Å². The van der Waals surface area contributed by atoms with Crippen molar-refractivity contribution in [1.29, 1.82) is 0 Å². The molecule has 0 aliphatic carbocycles. The molecule has 17 heavy (non-hydrogen) atoms. The minimum atomic E-state index is 0.165. The van der Waals surface area contributed by atoms with Gasteiger partial charge in [-0.15, -0.1) is 0 Å². The molecular formula is C12H20N4O. The molecule has 2 heterocycles. The van der Waals surface area contributed by atoms with Gasteiger partial charge in [-0.05, 0) is 18.9 Å². The minimum absolute atomic E-state index is 0.165. The van der Waals surface area contributed by atoms with E-state index in [1.807, 2.05) is 24.0 Å². The Morgan fingerprint density at radius 3 is 3.29 bits per heavy atom. The van der Waals surface area contributed by atoms with Gasteiger partial charge in [0.1, 0.15) is 0 Å². The Kier molecular flexibility index (Phi) is 4.14. The molecule has 0 aromatic carbocycles. The van der Waals surface area contributed by atoms with Crippen LogP contribution in [0, 0.1) is 0 Å². The van der Waals surface area contributed by atoms with Crippen LogP contribution in [0.25, 0.3) is 0 Å². The Morgan fingerprint density at radius 2 is 2.53 bits per heavy atom. The summed E-state index contributed by atoms with van der Waals surface area (Å²) < 4.78 is 1.81. The summed E-state index contributed by atoms with van der Waals surface area (Å²) in [6, 6.07) is 2.35. The summed E-state index contributed by atoms with van der Waals surface area (Å²) in [5.41, 5.74) is 1.10. The van der Waals surface area contributed by atoms with E-state index in [-0.39, 0.29) is 5.91 Å². The van der Waals surface area contributed by atoms with Gasteiger partial charge in [0, 0.05) is 45.2 Å². The van der Waals surface area contributed by atoms with E-state index in [9.17, 15) is 4.79 Å². The second-order valence-electron chi connectivity index (χ2n) is 4.58. The first-order chi connectivity index (χ1) is 8.24. The van der Waals surface area contributed by atoms with E-state index in [0.29, 0.717) is 12.5 Å². The molecule has 1 atom stereocenters. The van der Waals surface area contributed by atoms with Gasteiger partial charge in [0.25, 0.3) is 0 Å². The van der Waals surface area contributed by atoms with Gasteiger partial charge in [0.2, 0.25) is 5.91 Å². The van der Waals surface area contributed by atoms with Crippen molar-refractivity contribution in [3.63, 3.8) is 0 Å². The van der Waals surface area contributed by atoms with E-state index in [4.69, 9.17) is 0 Å². The van der Waals surface area contributed by atoms with Crippen molar-refractivity contribution in [3.05, 3.63) is 18.0 Å². The molecule has 2 N–H and O–H groups in total. The molecule has 1 unspecified atom stereocenters. The lowest BCUT2D eigenvalue weighted by molar-refractivity contribution is -0.121. The summed E-state index contributed by atoms with van der Waals surface area (Å²) in [7, 11) is 1.92. The highest BCUT2D eigenvalue weighted by atomic mass is 16.1. The summed E-state index contributed by atoms with van der Waals surface area (Å²) in [6.45, 7) is 1.70. The van der Waals surface area contributed by atoms with Gasteiger partial charge in [-0.2, -0.15) is 5.10 Å². The molecule has 94 valence electrons. The van der Waals surface area contributed by atoms with Crippen molar-refractivity contribution in [2.75, 3.05) is 13.1 Å². The highest BCUT2D eigenvalue weighted by molar-refractivity contribution is 5.76. The Labute approximate surface area is 102 Å². The van der Waals surface area contributed by atoms with Crippen molar-refractivity contribution in [3.8, 4) is 0 Å². The largest absolute Gasteiger partial charge is 0.356 e. The van der Waals surface area contributed by atoms with E-state index in [0.717, 1.165) is 38.0 Å². The van der Waals surface area contributed by atoms with Crippen molar-refractivity contribution in [2.45, 2.75) is 31.7 Å². The van der Waals surface area contributed by atoms with Crippen LogP contribution in [0.2, 0.25) is 0 Å². The van der Waals surface area contributed by atoms with Crippen LogP contribution in [0.3, 0.4) is 0 Å². The van der Waals surface area contributed by atoms with Crippen molar-refractivity contribution in [2.24, 2.45) is 7.05 Å². The number of aromatic nitrogens is 2. The summed E-state index contributed by atoms with van der Waals surface area (Å²) in [5.74, 6) is 0.165. The van der Waals surface area contributed by atoms with Gasteiger partial charge >= 0.3 is 0 Å². The fourth-order valence-electron chi connectivity index (χ4n) is 2.15. The van der Waals surface area contributed by atoms with Crippen LogP contribution in [0.4, 0.5) is 0 Å². The third kappa shape index (κ3) is 3.85. The molecule has 1 aromatic heterocycles. The van der Waals surface area contributed by atoms with Gasteiger partial charge in [-0.3, -0.25) is 9.48 Å². The molecule has 1 aromatic rings. The first-order valence-corrected chi connectivity index (χ1v) is 6.22. The van der Waals surface area contributed by atoms with Crippen LogP contribution in [0.5, 0.6) is 0 Å². The minimum Gasteiger partial charge on any atom is -0.356 e. The number of nitrogens with zero attached hydrogens (tertiary/aromatic N) is 2. The Morgan fingerprint density at radius 1 is 1.65 bits per heavy atom. The average Bonchev–Trinajstić information content (AvgIpc) is 2.58. The summed E-state index contributed by atoms with van der Waals surface area (Å²) >= 11 is 0. The van der Waals surface area contributed by atoms with Crippen LogP contribution in [-0.4, -0.2) is 34.8 Å². The number of hydrogen-bond donors (Lipinski definition) is 2. The van der Waals surface area contributed by atoms with Crippen LogP contribution in [-0.2, 0) is 18.3 Å². The highest BCUT2D eigenvalue weighted by Crippen LogP contribution is 2.06.